The summed E-state index contributed by atoms with van der Waals surface area (Å²) in [5, 5.41) is 0. The minimum absolute atomic E-state index is 0.700. The van der Waals surface area contributed by atoms with Crippen LogP contribution in [0.1, 0.15) is 12.0 Å². The number of rotatable bonds is 7. The van der Waals surface area contributed by atoms with Gasteiger partial charge in [0, 0.05) is 19.2 Å². The number of nitrogens with zero attached hydrogens (tertiary/aromatic N) is 1. The molecule has 0 unspecified atom stereocenters. The van der Waals surface area contributed by atoms with Gasteiger partial charge in [-0.2, -0.15) is 0 Å². The number of methoxy groups -OCH3 is 3. The van der Waals surface area contributed by atoms with Crippen LogP contribution < -0.4 is 14.2 Å². The van der Waals surface area contributed by atoms with Gasteiger partial charge in [-0.05, 0) is 31.0 Å². The van der Waals surface area contributed by atoms with E-state index >= 15 is 0 Å². The highest BCUT2D eigenvalue weighted by Gasteiger charge is 2.13. The molecule has 5 heteroatoms. The van der Waals surface area contributed by atoms with Crippen molar-refractivity contribution in [1.29, 1.82) is 0 Å². The first kappa shape index (κ1) is 15.9. The molecule has 0 spiro atoms. The number of hydrogen-bond donors (Lipinski definition) is 0. The Hall–Kier alpha value is -1.46. The summed E-state index contributed by atoms with van der Waals surface area (Å²) in [7, 11) is 4.98. The minimum atomic E-state index is 0.700. The van der Waals surface area contributed by atoms with Crippen molar-refractivity contribution in [3.05, 3.63) is 17.7 Å². The highest BCUT2D eigenvalue weighted by molar-refractivity contribution is 5.50. The predicted molar refractivity (Wildman–Crippen MR) is 81.7 cm³/mol. The molecule has 118 valence electrons. The van der Waals surface area contributed by atoms with Crippen LogP contribution in [-0.2, 0) is 11.2 Å². The lowest BCUT2D eigenvalue weighted by Gasteiger charge is -2.26. The average Bonchev–Trinajstić information content (AvgIpc) is 2.55. The van der Waals surface area contributed by atoms with Gasteiger partial charge in [-0.15, -0.1) is 0 Å². The fourth-order valence-electron chi connectivity index (χ4n) is 2.61. The molecule has 0 aromatic heterocycles. The fraction of sp³-hybridized carbons (Fsp3) is 0.625. The molecule has 0 N–H and O–H groups in total. The predicted octanol–water partition coefficient (Wildman–Crippen LogP) is 1.98. The van der Waals surface area contributed by atoms with E-state index < -0.39 is 0 Å². The Bertz CT molecular complexity index is 444. The van der Waals surface area contributed by atoms with Crippen molar-refractivity contribution >= 4 is 0 Å². The van der Waals surface area contributed by atoms with Gasteiger partial charge in [0.2, 0.25) is 0 Å². The summed E-state index contributed by atoms with van der Waals surface area (Å²) in [5.41, 5.74) is 1.16. The topological polar surface area (TPSA) is 40.2 Å². The van der Waals surface area contributed by atoms with Crippen LogP contribution in [-0.4, -0.2) is 59.1 Å². The maximum atomic E-state index is 5.46. The van der Waals surface area contributed by atoms with E-state index in [0.717, 1.165) is 62.8 Å². The van der Waals surface area contributed by atoms with Crippen molar-refractivity contribution in [2.24, 2.45) is 0 Å². The summed E-state index contributed by atoms with van der Waals surface area (Å²) < 4.78 is 21.5. The van der Waals surface area contributed by atoms with E-state index in [1.54, 1.807) is 21.3 Å². The van der Waals surface area contributed by atoms with Gasteiger partial charge in [0.1, 0.15) is 5.75 Å². The lowest BCUT2D eigenvalue weighted by Crippen LogP contribution is -2.36. The number of benzene rings is 1. The van der Waals surface area contributed by atoms with Gasteiger partial charge in [-0.25, -0.2) is 0 Å². The van der Waals surface area contributed by atoms with Gasteiger partial charge in [-0.1, -0.05) is 0 Å². The van der Waals surface area contributed by atoms with Gasteiger partial charge >= 0.3 is 0 Å². The second kappa shape index (κ2) is 8.10. The van der Waals surface area contributed by atoms with Crippen molar-refractivity contribution in [2.45, 2.75) is 12.8 Å². The van der Waals surface area contributed by atoms with Gasteiger partial charge in [0.15, 0.2) is 11.5 Å². The van der Waals surface area contributed by atoms with E-state index in [9.17, 15) is 0 Å². The Morgan fingerprint density at radius 3 is 2.19 bits per heavy atom. The number of morpholine rings is 1. The van der Waals surface area contributed by atoms with E-state index in [1.165, 1.54) is 0 Å². The van der Waals surface area contributed by atoms with Crippen molar-refractivity contribution in [3.8, 4) is 17.2 Å². The smallest absolute Gasteiger partial charge is 0.164 e. The van der Waals surface area contributed by atoms with Gasteiger partial charge in [0.05, 0.1) is 34.5 Å². The molecule has 1 fully saturated rings. The molecule has 0 aliphatic carbocycles. The van der Waals surface area contributed by atoms with Gasteiger partial charge in [-0.3, -0.25) is 4.90 Å². The van der Waals surface area contributed by atoms with Crippen molar-refractivity contribution in [2.75, 3.05) is 54.2 Å². The molecular formula is C16H25NO4. The minimum Gasteiger partial charge on any atom is -0.496 e. The third kappa shape index (κ3) is 4.25. The Kier molecular flexibility index (Phi) is 6.14. The van der Waals surface area contributed by atoms with E-state index in [0.29, 0.717) is 5.75 Å². The molecule has 0 bridgehead atoms. The van der Waals surface area contributed by atoms with Gasteiger partial charge in [0.25, 0.3) is 0 Å². The standard InChI is InChI=1S/C16H25NO4/c1-18-14-12-16(20-3)15(19-2)11-13(14)5-4-6-17-7-9-21-10-8-17/h11-12H,4-10H2,1-3H3. The molecule has 1 aliphatic rings. The number of ether oxygens (including phenoxy) is 4. The van der Waals surface area contributed by atoms with Crippen LogP contribution in [0.2, 0.25) is 0 Å². The first-order chi connectivity index (χ1) is 10.3. The Labute approximate surface area is 126 Å². The highest BCUT2D eigenvalue weighted by Crippen LogP contribution is 2.35. The van der Waals surface area contributed by atoms with Crippen LogP contribution in [0.15, 0.2) is 12.1 Å². The third-order valence-corrected chi connectivity index (χ3v) is 3.81. The summed E-state index contributed by atoms with van der Waals surface area (Å²) in [6.07, 6.45) is 2.05. The van der Waals surface area contributed by atoms with Crippen molar-refractivity contribution < 1.29 is 18.9 Å². The quantitative estimate of drug-likeness (QED) is 0.769. The molecule has 0 atom stereocenters. The molecule has 1 aromatic carbocycles. The molecule has 0 amide bonds. The first-order valence-corrected chi connectivity index (χ1v) is 7.37. The molecule has 1 saturated heterocycles. The summed E-state index contributed by atoms with van der Waals surface area (Å²) >= 11 is 0. The number of hydrogen-bond acceptors (Lipinski definition) is 5. The largest absolute Gasteiger partial charge is 0.496 e. The van der Waals surface area contributed by atoms with E-state index in [4.69, 9.17) is 18.9 Å². The number of aryl methyl sites for hydroxylation is 1. The zero-order valence-electron chi connectivity index (χ0n) is 13.2. The maximum absolute atomic E-state index is 5.46. The second-order valence-electron chi connectivity index (χ2n) is 5.08. The third-order valence-electron chi connectivity index (χ3n) is 3.81. The Morgan fingerprint density at radius 1 is 0.952 bits per heavy atom. The normalized spacial score (nSPS) is 15.8. The van der Waals surface area contributed by atoms with Crippen LogP contribution in [0.4, 0.5) is 0 Å². The second-order valence-corrected chi connectivity index (χ2v) is 5.08. The summed E-state index contributed by atoms with van der Waals surface area (Å²) in [6.45, 7) is 4.84. The fourth-order valence-corrected chi connectivity index (χ4v) is 2.61. The monoisotopic (exact) mass is 295 g/mol. The Morgan fingerprint density at radius 2 is 1.57 bits per heavy atom. The molecular weight excluding hydrogens is 270 g/mol. The lowest BCUT2D eigenvalue weighted by molar-refractivity contribution is 0.0374. The summed E-state index contributed by atoms with van der Waals surface area (Å²) in [4.78, 5) is 2.44. The van der Waals surface area contributed by atoms with Crippen LogP contribution in [0.5, 0.6) is 17.2 Å². The molecule has 21 heavy (non-hydrogen) atoms. The van der Waals surface area contributed by atoms with Crippen LogP contribution in [0.25, 0.3) is 0 Å². The zero-order valence-corrected chi connectivity index (χ0v) is 13.2. The van der Waals surface area contributed by atoms with Crippen molar-refractivity contribution in [3.63, 3.8) is 0 Å². The molecule has 1 heterocycles. The molecule has 1 aliphatic heterocycles. The summed E-state index contributed by atoms with van der Waals surface area (Å²) in [5.74, 6) is 2.31. The lowest BCUT2D eigenvalue weighted by atomic mass is 10.1. The Balaban J connectivity index is 1.97. The van der Waals surface area contributed by atoms with E-state index in [2.05, 4.69) is 4.90 Å². The highest BCUT2D eigenvalue weighted by atomic mass is 16.5. The van der Waals surface area contributed by atoms with Crippen LogP contribution in [0.3, 0.4) is 0 Å². The van der Waals surface area contributed by atoms with Crippen LogP contribution in [0, 0.1) is 0 Å². The zero-order chi connectivity index (χ0) is 15.1. The average molecular weight is 295 g/mol. The molecule has 2 rings (SSSR count). The molecule has 5 nitrogen and oxygen atoms in total. The SMILES string of the molecule is COc1cc(OC)c(OC)cc1CCCN1CCOCC1. The molecule has 0 radical (unpaired) electrons. The van der Waals surface area contributed by atoms with Gasteiger partial charge < -0.3 is 18.9 Å². The summed E-state index contributed by atoms with van der Waals surface area (Å²) in [6, 6.07) is 3.90. The van der Waals surface area contributed by atoms with Crippen molar-refractivity contribution in [1.82, 2.24) is 4.90 Å². The maximum Gasteiger partial charge on any atom is 0.164 e. The first-order valence-electron chi connectivity index (χ1n) is 7.37. The molecule has 0 saturated carbocycles. The van der Waals surface area contributed by atoms with E-state index in [1.807, 2.05) is 12.1 Å². The van der Waals surface area contributed by atoms with Crippen LogP contribution >= 0.6 is 0 Å². The molecule has 1 aromatic rings. The van der Waals surface area contributed by atoms with E-state index in [-0.39, 0.29) is 0 Å².